The van der Waals surface area contributed by atoms with Crippen LogP contribution in [0.15, 0.2) is 53.4 Å². The van der Waals surface area contributed by atoms with Gasteiger partial charge in [-0.25, -0.2) is 4.98 Å². The van der Waals surface area contributed by atoms with Crippen LogP contribution in [0.3, 0.4) is 0 Å². The monoisotopic (exact) mass is 370 g/mol. The molecule has 3 aromatic rings. The van der Waals surface area contributed by atoms with Crippen molar-refractivity contribution in [3.05, 3.63) is 59.1 Å². The summed E-state index contributed by atoms with van der Waals surface area (Å²) < 4.78 is 1.16. The van der Waals surface area contributed by atoms with Gasteiger partial charge < -0.3 is 4.90 Å². The number of hydrogen-bond acceptors (Lipinski definition) is 4. The van der Waals surface area contributed by atoms with Crippen LogP contribution in [0.5, 0.6) is 0 Å². The van der Waals surface area contributed by atoms with Gasteiger partial charge in [0.2, 0.25) is 5.91 Å². The molecule has 0 fully saturated rings. The molecule has 0 aliphatic heterocycles. The summed E-state index contributed by atoms with van der Waals surface area (Å²) in [5, 5.41) is 0.842. The number of carbonyl (C=O) groups excluding carboxylic acids is 1. The SMILES string of the molecule is Cc1ccc(S[C@@H](C)C(=O)N(C)[C@@H](C)c2nc3ccccc3s2)cc1. The smallest absolute Gasteiger partial charge is 0.236 e. The predicted octanol–water partition coefficient (Wildman–Crippen LogP) is 5.30. The lowest BCUT2D eigenvalue weighted by Gasteiger charge is -2.26. The average Bonchev–Trinajstić information content (AvgIpc) is 3.05. The zero-order valence-corrected chi connectivity index (χ0v) is 16.5. The lowest BCUT2D eigenvalue weighted by atomic mass is 10.2. The van der Waals surface area contributed by atoms with Crippen molar-refractivity contribution in [3.8, 4) is 0 Å². The zero-order valence-electron chi connectivity index (χ0n) is 14.9. The first kappa shape index (κ1) is 18.0. The van der Waals surface area contributed by atoms with Crippen LogP contribution in [0.25, 0.3) is 10.2 Å². The molecule has 3 nitrogen and oxygen atoms in total. The number of rotatable bonds is 5. The molecular formula is C20H22N2OS2. The van der Waals surface area contributed by atoms with Crippen LogP contribution in [0.1, 0.15) is 30.5 Å². The number of fused-ring (bicyclic) bond motifs is 1. The molecule has 2 aromatic carbocycles. The Balaban J connectivity index is 1.70. The highest BCUT2D eigenvalue weighted by molar-refractivity contribution is 8.00. The minimum Gasteiger partial charge on any atom is -0.336 e. The van der Waals surface area contributed by atoms with Crippen LogP contribution in [-0.2, 0) is 4.79 Å². The molecule has 1 aromatic heterocycles. The molecule has 0 aliphatic rings. The fraction of sp³-hybridized carbons (Fsp3) is 0.300. The Morgan fingerprint density at radius 1 is 1.12 bits per heavy atom. The number of amides is 1. The van der Waals surface area contributed by atoms with Crippen molar-refractivity contribution in [2.24, 2.45) is 0 Å². The van der Waals surface area contributed by atoms with E-state index in [1.807, 2.05) is 44.0 Å². The fourth-order valence-corrected chi connectivity index (χ4v) is 4.61. The van der Waals surface area contributed by atoms with Gasteiger partial charge in [-0.1, -0.05) is 29.8 Å². The van der Waals surface area contributed by atoms with Crippen molar-refractivity contribution < 1.29 is 4.79 Å². The molecule has 0 unspecified atom stereocenters. The van der Waals surface area contributed by atoms with Gasteiger partial charge in [0.25, 0.3) is 0 Å². The average molecular weight is 371 g/mol. The van der Waals surface area contributed by atoms with E-state index in [0.717, 1.165) is 20.1 Å². The molecule has 0 saturated carbocycles. The van der Waals surface area contributed by atoms with Gasteiger partial charge in [0.05, 0.1) is 21.5 Å². The van der Waals surface area contributed by atoms with Crippen LogP contribution in [0.4, 0.5) is 0 Å². The molecule has 1 amide bonds. The van der Waals surface area contributed by atoms with Gasteiger partial charge in [-0.05, 0) is 45.0 Å². The number of aryl methyl sites for hydroxylation is 1. The maximum atomic E-state index is 12.8. The van der Waals surface area contributed by atoms with E-state index in [1.165, 1.54) is 5.56 Å². The Morgan fingerprint density at radius 3 is 2.48 bits per heavy atom. The lowest BCUT2D eigenvalue weighted by molar-refractivity contribution is -0.130. The maximum absolute atomic E-state index is 12.8. The number of nitrogens with zero attached hydrogens (tertiary/aromatic N) is 2. The number of para-hydroxylation sites is 1. The Bertz CT molecular complexity index is 840. The van der Waals surface area contributed by atoms with Gasteiger partial charge in [0, 0.05) is 11.9 Å². The molecule has 1 heterocycles. The molecule has 5 heteroatoms. The molecule has 2 atom stereocenters. The summed E-state index contributed by atoms with van der Waals surface area (Å²) in [6, 6.07) is 16.4. The quantitative estimate of drug-likeness (QED) is 0.571. The van der Waals surface area contributed by atoms with Crippen LogP contribution >= 0.6 is 23.1 Å². The Morgan fingerprint density at radius 2 is 1.80 bits per heavy atom. The van der Waals surface area contributed by atoms with E-state index in [1.54, 1.807) is 23.1 Å². The summed E-state index contributed by atoms with van der Waals surface area (Å²) in [5.41, 5.74) is 2.22. The topological polar surface area (TPSA) is 33.2 Å². The van der Waals surface area contributed by atoms with Crippen LogP contribution in [0.2, 0.25) is 0 Å². The van der Waals surface area contributed by atoms with Gasteiger partial charge in [-0.15, -0.1) is 23.1 Å². The molecule has 0 saturated heterocycles. The van der Waals surface area contributed by atoms with E-state index >= 15 is 0 Å². The maximum Gasteiger partial charge on any atom is 0.236 e. The van der Waals surface area contributed by atoms with Gasteiger partial charge >= 0.3 is 0 Å². The molecule has 0 aliphatic carbocycles. The van der Waals surface area contributed by atoms with Crippen molar-refractivity contribution in [1.29, 1.82) is 0 Å². The van der Waals surface area contributed by atoms with Crippen LogP contribution in [-0.4, -0.2) is 28.1 Å². The number of carbonyl (C=O) groups is 1. The highest BCUT2D eigenvalue weighted by atomic mass is 32.2. The second-order valence-corrected chi connectivity index (χ2v) is 8.69. The highest BCUT2D eigenvalue weighted by Gasteiger charge is 2.25. The summed E-state index contributed by atoms with van der Waals surface area (Å²) in [6.07, 6.45) is 0. The summed E-state index contributed by atoms with van der Waals surface area (Å²) >= 11 is 3.25. The van der Waals surface area contributed by atoms with Crippen molar-refractivity contribution >= 4 is 39.2 Å². The Kier molecular flexibility index (Phi) is 5.45. The molecule has 0 N–H and O–H groups in total. The fourth-order valence-electron chi connectivity index (χ4n) is 2.58. The molecular weight excluding hydrogens is 348 g/mol. The van der Waals surface area contributed by atoms with E-state index < -0.39 is 0 Å². The molecule has 0 radical (unpaired) electrons. The van der Waals surface area contributed by atoms with Gasteiger partial charge in [-0.3, -0.25) is 4.79 Å². The second kappa shape index (κ2) is 7.58. The van der Waals surface area contributed by atoms with Gasteiger partial charge in [-0.2, -0.15) is 0 Å². The molecule has 0 bridgehead atoms. The van der Waals surface area contributed by atoms with Crippen molar-refractivity contribution in [3.63, 3.8) is 0 Å². The number of aromatic nitrogens is 1. The summed E-state index contributed by atoms with van der Waals surface area (Å²) in [5.74, 6) is 0.123. The van der Waals surface area contributed by atoms with Crippen molar-refractivity contribution in [2.45, 2.75) is 37.0 Å². The lowest BCUT2D eigenvalue weighted by Crippen LogP contribution is -2.35. The third-order valence-corrected chi connectivity index (χ3v) is 6.58. The second-order valence-electron chi connectivity index (χ2n) is 6.22. The summed E-state index contributed by atoms with van der Waals surface area (Å²) in [6.45, 7) is 6.07. The molecule has 3 rings (SSSR count). The normalized spacial score (nSPS) is 13.6. The highest BCUT2D eigenvalue weighted by Crippen LogP contribution is 2.31. The standard InChI is InChI=1S/C20H22N2OS2/c1-13-9-11-16(12-10-13)24-15(3)20(23)22(4)14(2)19-21-17-7-5-6-8-18(17)25-19/h5-12,14-15H,1-4H3/t14-,15-/m0/s1. The number of benzene rings is 2. The third-order valence-electron chi connectivity index (χ3n) is 4.28. The van der Waals surface area contributed by atoms with Crippen molar-refractivity contribution in [1.82, 2.24) is 9.88 Å². The largest absolute Gasteiger partial charge is 0.336 e. The first-order chi connectivity index (χ1) is 12.0. The van der Waals surface area contributed by atoms with Crippen LogP contribution < -0.4 is 0 Å². The van der Waals surface area contributed by atoms with E-state index in [-0.39, 0.29) is 17.2 Å². The van der Waals surface area contributed by atoms with E-state index in [2.05, 4.69) is 42.2 Å². The van der Waals surface area contributed by atoms with Crippen molar-refractivity contribution in [2.75, 3.05) is 7.05 Å². The third kappa shape index (κ3) is 4.05. The molecule has 25 heavy (non-hydrogen) atoms. The predicted molar refractivity (Wildman–Crippen MR) is 107 cm³/mol. The van der Waals surface area contributed by atoms with E-state index in [4.69, 9.17) is 0 Å². The van der Waals surface area contributed by atoms with Gasteiger partial charge in [0.15, 0.2) is 0 Å². The summed E-state index contributed by atoms with van der Waals surface area (Å²) in [7, 11) is 1.87. The Labute approximate surface area is 157 Å². The molecule has 130 valence electrons. The van der Waals surface area contributed by atoms with Gasteiger partial charge in [0.1, 0.15) is 5.01 Å². The van der Waals surface area contributed by atoms with E-state index in [9.17, 15) is 4.79 Å². The first-order valence-electron chi connectivity index (χ1n) is 8.31. The number of thiazole rings is 1. The number of thioether (sulfide) groups is 1. The first-order valence-corrected chi connectivity index (χ1v) is 10.0. The van der Waals surface area contributed by atoms with E-state index in [0.29, 0.717) is 0 Å². The number of hydrogen-bond donors (Lipinski definition) is 0. The Hall–Kier alpha value is -1.85. The minimum atomic E-state index is -0.135. The zero-order chi connectivity index (χ0) is 18.0. The minimum absolute atomic E-state index is 0.0361. The molecule has 0 spiro atoms. The van der Waals surface area contributed by atoms with Crippen LogP contribution in [0, 0.1) is 6.92 Å². The summed E-state index contributed by atoms with van der Waals surface area (Å²) in [4.78, 5) is 20.4.